The summed E-state index contributed by atoms with van der Waals surface area (Å²) in [5.74, 6) is 0.902. The highest BCUT2D eigenvalue weighted by Gasteiger charge is 2.41. The highest BCUT2D eigenvalue weighted by Crippen LogP contribution is 2.34. The summed E-state index contributed by atoms with van der Waals surface area (Å²) in [5.41, 5.74) is -0.0692. The lowest BCUT2D eigenvalue weighted by Gasteiger charge is -2.31. The third kappa shape index (κ3) is 3.71. The zero-order valence-electron chi connectivity index (χ0n) is 18.3. The average Bonchev–Trinajstić information content (AvgIpc) is 3.61. The number of halogens is 2. The third-order valence-electron chi connectivity index (χ3n) is 7.23. The Hall–Kier alpha value is -2.82. The number of hydrogen-bond donors (Lipinski definition) is 1. The number of nitrogens with zero attached hydrogens (tertiary/aromatic N) is 6. The average molecular weight is 460 g/mol. The molecular formula is C22H27F2N7O2. The molecule has 1 N–H and O–H groups in total. The van der Waals surface area contributed by atoms with Crippen molar-refractivity contribution in [1.82, 2.24) is 24.5 Å². The van der Waals surface area contributed by atoms with Crippen LogP contribution < -0.4 is 5.32 Å². The van der Waals surface area contributed by atoms with E-state index in [1.54, 1.807) is 15.6 Å². The minimum absolute atomic E-state index is 0.0505. The van der Waals surface area contributed by atoms with Crippen LogP contribution >= 0.6 is 0 Å². The lowest BCUT2D eigenvalue weighted by Crippen LogP contribution is -2.42. The second kappa shape index (κ2) is 8.19. The summed E-state index contributed by atoms with van der Waals surface area (Å²) in [6, 6.07) is 0.428. The van der Waals surface area contributed by atoms with E-state index in [0.717, 1.165) is 57.3 Å². The number of carbonyl (C=O) groups is 1. The fourth-order valence-corrected chi connectivity index (χ4v) is 5.51. The monoisotopic (exact) mass is 459 g/mol. The van der Waals surface area contributed by atoms with Crippen LogP contribution in [0.2, 0.25) is 0 Å². The molecule has 2 bridgehead atoms. The van der Waals surface area contributed by atoms with Crippen molar-refractivity contribution in [3.05, 3.63) is 23.7 Å². The van der Waals surface area contributed by atoms with Crippen LogP contribution in [0, 0.1) is 0 Å². The molecule has 11 heteroatoms. The first-order valence-corrected chi connectivity index (χ1v) is 11.8. The van der Waals surface area contributed by atoms with Gasteiger partial charge in [-0.25, -0.2) is 18.5 Å². The van der Waals surface area contributed by atoms with Gasteiger partial charge in [0.05, 0.1) is 43.2 Å². The van der Waals surface area contributed by atoms with Crippen LogP contribution in [0.25, 0.3) is 0 Å². The first-order valence-electron chi connectivity index (χ1n) is 11.8. The lowest BCUT2D eigenvalue weighted by molar-refractivity contribution is 0.0557. The number of amides is 1. The molecule has 5 heterocycles. The van der Waals surface area contributed by atoms with Gasteiger partial charge in [-0.15, -0.1) is 0 Å². The van der Waals surface area contributed by atoms with Gasteiger partial charge in [-0.05, 0) is 19.3 Å². The number of aromatic nitrogens is 4. The van der Waals surface area contributed by atoms with Gasteiger partial charge >= 0.3 is 0 Å². The van der Waals surface area contributed by atoms with Crippen molar-refractivity contribution in [3.63, 3.8) is 0 Å². The van der Waals surface area contributed by atoms with Crippen LogP contribution in [0.4, 0.5) is 20.3 Å². The van der Waals surface area contributed by atoms with Crippen molar-refractivity contribution in [3.8, 4) is 0 Å². The van der Waals surface area contributed by atoms with E-state index in [1.165, 1.54) is 6.20 Å². The topological polar surface area (TPSA) is 89.6 Å². The number of amidine groups is 1. The number of alkyl halides is 2. The lowest BCUT2D eigenvalue weighted by atomic mass is 9.96. The maximum atomic E-state index is 13.7. The van der Waals surface area contributed by atoms with Gasteiger partial charge in [-0.2, -0.15) is 10.2 Å². The normalized spacial score (nSPS) is 24.9. The summed E-state index contributed by atoms with van der Waals surface area (Å²) in [6.07, 6.45) is 7.33. The maximum absolute atomic E-state index is 13.7. The Balaban J connectivity index is 1.25. The number of nitrogens with one attached hydrogen (secondary N) is 1. The molecule has 33 heavy (non-hydrogen) atoms. The molecule has 2 atom stereocenters. The van der Waals surface area contributed by atoms with E-state index in [9.17, 15) is 13.6 Å². The molecule has 1 aliphatic carbocycles. The van der Waals surface area contributed by atoms with Gasteiger partial charge in [-0.3, -0.25) is 9.48 Å². The van der Waals surface area contributed by atoms with Gasteiger partial charge < -0.3 is 15.0 Å². The minimum Gasteiger partial charge on any atom is -0.374 e. The van der Waals surface area contributed by atoms with E-state index in [2.05, 4.69) is 20.4 Å². The van der Waals surface area contributed by atoms with E-state index in [1.807, 2.05) is 0 Å². The molecule has 4 aliphatic rings. The van der Waals surface area contributed by atoms with E-state index in [-0.39, 0.29) is 23.4 Å². The van der Waals surface area contributed by atoms with Crippen molar-refractivity contribution < 1.29 is 18.3 Å². The van der Waals surface area contributed by atoms with E-state index in [4.69, 9.17) is 9.73 Å². The van der Waals surface area contributed by atoms with Crippen molar-refractivity contribution in [2.24, 2.45) is 4.99 Å². The standard InChI is InChI=1S/C22H27F2N7O2/c23-20(24)19-17(11-31(28-19)13-4-2-1-3-5-13)26-22(32)16-9-25-30-7-6-18(27-21(16)30)29-10-15-8-14(29)12-33-15/h9,11,13-15,20H,1-8,10,12H2,(H,26,32). The first kappa shape index (κ1) is 20.8. The number of morpholine rings is 1. The molecule has 6 rings (SSSR count). The molecule has 9 nitrogen and oxygen atoms in total. The quantitative estimate of drug-likeness (QED) is 0.754. The molecule has 2 saturated heterocycles. The van der Waals surface area contributed by atoms with Crippen LogP contribution in [-0.4, -0.2) is 61.5 Å². The second-order valence-electron chi connectivity index (χ2n) is 9.33. The van der Waals surface area contributed by atoms with Crippen LogP contribution in [0.3, 0.4) is 0 Å². The van der Waals surface area contributed by atoms with Crippen LogP contribution in [-0.2, 0) is 11.3 Å². The zero-order chi connectivity index (χ0) is 22.5. The van der Waals surface area contributed by atoms with Crippen molar-refractivity contribution in [2.45, 2.75) is 76.1 Å². The molecule has 176 valence electrons. The number of hydrogen-bond acceptors (Lipinski definition) is 6. The molecule has 2 unspecified atom stereocenters. The molecule has 0 aromatic carbocycles. The smallest absolute Gasteiger partial charge is 0.284 e. The van der Waals surface area contributed by atoms with Crippen molar-refractivity contribution in [2.75, 3.05) is 18.5 Å². The largest absolute Gasteiger partial charge is 0.374 e. The summed E-state index contributed by atoms with van der Waals surface area (Å²) in [7, 11) is 0. The first-order chi connectivity index (χ1) is 16.1. The van der Waals surface area contributed by atoms with Gasteiger partial charge in [0.15, 0.2) is 11.5 Å². The number of aryl methyl sites for hydroxylation is 1. The molecule has 1 saturated carbocycles. The fraction of sp³-hybridized carbons (Fsp3) is 0.636. The Morgan fingerprint density at radius 2 is 2.06 bits per heavy atom. The van der Waals surface area contributed by atoms with E-state index >= 15 is 0 Å². The SMILES string of the molecule is O=C(Nc1cn(C2CCCCC2)nc1C(F)F)c1cnn2c1N=C(N1CC3CC1CO3)CC2. The number of aliphatic imine (C=N–C) groups is 1. The second-order valence-corrected chi connectivity index (χ2v) is 9.33. The summed E-state index contributed by atoms with van der Waals surface area (Å²) < 4.78 is 36.4. The Kier molecular flexibility index (Phi) is 5.16. The van der Waals surface area contributed by atoms with Crippen LogP contribution in [0.5, 0.6) is 0 Å². The molecule has 0 radical (unpaired) electrons. The predicted octanol–water partition coefficient (Wildman–Crippen LogP) is 3.68. The summed E-state index contributed by atoms with van der Waals surface area (Å²) in [5, 5.41) is 11.1. The van der Waals surface area contributed by atoms with E-state index in [0.29, 0.717) is 25.0 Å². The molecule has 1 amide bonds. The number of likely N-dealkylation sites (tertiary alicyclic amines) is 1. The highest BCUT2D eigenvalue weighted by atomic mass is 19.3. The number of rotatable bonds is 4. The predicted molar refractivity (Wildman–Crippen MR) is 116 cm³/mol. The Bertz CT molecular complexity index is 1090. The number of fused-ring (bicyclic) bond motifs is 3. The molecule has 3 aliphatic heterocycles. The van der Waals surface area contributed by atoms with Crippen LogP contribution in [0.1, 0.15) is 73.5 Å². The van der Waals surface area contributed by atoms with E-state index < -0.39 is 18.0 Å². The Morgan fingerprint density at radius 1 is 1.21 bits per heavy atom. The van der Waals surface area contributed by atoms with Crippen molar-refractivity contribution in [1.29, 1.82) is 0 Å². The Morgan fingerprint density at radius 3 is 2.79 bits per heavy atom. The maximum Gasteiger partial charge on any atom is 0.284 e. The molecular weight excluding hydrogens is 432 g/mol. The summed E-state index contributed by atoms with van der Waals surface area (Å²) >= 11 is 0. The third-order valence-corrected chi connectivity index (χ3v) is 7.23. The van der Waals surface area contributed by atoms with Gasteiger partial charge in [0, 0.05) is 19.2 Å². The Labute approximate surface area is 189 Å². The summed E-state index contributed by atoms with van der Waals surface area (Å²) in [6.45, 7) is 2.15. The fourth-order valence-electron chi connectivity index (χ4n) is 5.51. The van der Waals surface area contributed by atoms with Crippen molar-refractivity contribution >= 4 is 23.2 Å². The summed E-state index contributed by atoms with van der Waals surface area (Å²) in [4.78, 5) is 20.1. The van der Waals surface area contributed by atoms with Gasteiger partial charge in [0.1, 0.15) is 11.4 Å². The van der Waals surface area contributed by atoms with Gasteiger partial charge in [0.2, 0.25) is 0 Å². The highest BCUT2D eigenvalue weighted by molar-refractivity contribution is 6.08. The number of ether oxygens (including phenoxy) is 1. The molecule has 0 spiro atoms. The van der Waals surface area contributed by atoms with Crippen LogP contribution in [0.15, 0.2) is 17.4 Å². The molecule has 3 fully saturated rings. The van der Waals surface area contributed by atoms with Gasteiger partial charge in [-0.1, -0.05) is 19.3 Å². The number of anilines is 1. The zero-order valence-corrected chi connectivity index (χ0v) is 18.3. The molecule has 2 aromatic heterocycles. The molecule has 2 aromatic rings. The minimum atomic E-state index is -2.77. The van der Waals surface area contributed by atoms with Gasteiger partial charge in [0.25, 0.3) is 12.3 Å². The number of carbonyl (C=O) groups excluding carboxylic acids is 1.